The lowest BCUT2D eigenvalue weighted by Gasteiger charge is -2.27. The molecule has 23 heavy (non-hydrogen) atoms. The average molecular weight is 297 g/mol. The highest BCUT2D eigenvalue weighted by atomic mass is 14.7. The summed E-state index contributed by atoms with van der Waals surface area (Å²) >= 11 is 0. The summed E-state index contributed by atoms with van der Waals surface area (Å²) < 4.78 is 0. The van der Waals surface area contributed by atoms with E-state index >= 15 is 0 Å². The Hall–Kier alpha value is -2.41. The summed E-state index contributed by atoms with van der Waals surface area (Å²) in [5.74, 6) is 0. The number of benzene rings is 2. The van der Waals surface area contributed by atoms with Crippen LogP contribution in [0.3, 0.4) is 0 Å². The maximum absolute atomic E-state index is 5.20. The predicted octanol–water partition coefficient (Wildman–Crippen LogP) is 4.92. The van der Waals surface area contributed by atoms with Gasteiger partial charge >= 0.3 is 0 Å². The lowest BCUT2D eigenvalue weighted by Crippen LogP contribution is -2.14. The van der Waals surface area contributed by atoms with E-state index in [1.165, 1.54) is 50.3 Å². The zero-order valence-electron chi connectivity index (χ0n) is 13.4. The standard InChI is InChI=1S/C22H19N/c1-14-17-12-10-15-6-2-4-8-19(15)21(17)23-22-18(14)13-11-16-7-3-5-9-20(16)22/h2-9H,10-13H2,1H3. The molecule has 0 fully saturated rings. The Morgan fingerprint density at radius 2 is 1.13 bits per heavy atom. The normalized spacial score (nSPS) is 14.5. The van der Waals surface area contributed by atoms with Crippen LogP contribution in [0.15, 0.2) is 48.5 Å². The van der Waals surface area contributed by atoms with Crippen LogP contribution in [0.4, 0.5) is 0 Å². The van der Waals surface area contributed by atoms with E-state index in [4.69, 9.17) is 4.98 Å². The molecular formula is C22H19N. The fourth-order valence-corrected chi connectivity index (χ4v) is 4.30. The Kier molecular flexibility index (Phi) is 2.72. The lowest BCUT2D eigenvalue weighted by molar-refractivity contribution is 0.871. The molecule has 0 aliphatic heterocycles. The van der Waals surface area contributed by atoms with Gasteiger partial charge in [0.2, 0.25) is 0 Å². The third-order valence-electron chi connectivity index (χ3n) is 5.53. The topological polar surface area (TPSA) is 12.9 Å². The molecule has 1 nitrogen and oxygen atoms in total. The molecule has 2 aliphatic rings. The molecule has 0 saturated heterocycles. The second-order valence-electron chi connectivity index (χ2n) is 6.71. The molecule has 5 rings (SSSR count). The minimum absolute atomic E-state index is 1.13. The van der Waals surface area contributed by atoms with Crippen LogP contribution in [-0.2, 0) is 25.7 Å². The fourth-order valence-electron chi connectivity index (χ4n) is 4.30. The maximum Gasteiger partial charge on any atom is 0.0747 e. The zero-order chi connectivity index (χ0) is 15.4. The molecule has 0 N–H and O–H groups in total. The van der Waals surface area contributed by atoms with Gasteiger partial charge in [-0.05, 0) is 60.4 Å². The van der Waals surface area contributed by atoms with Crippen molar-refractivity contribution < 1.29 is 0 Å². The predicted molar refractivity (Wildman–Crippen MR) is 94.7 cm³/mol. The van der Waals surface area contributed by atoms with Gasteiger partial charge in [-0.15, -0.1) is 0 Å². The molecule has 2 aromatic carbocycles. The second kappa shape index (κ2) is 4.79. The summed E-state index contributed by atoms with van der Waals surface area (Å²) in [4.78, 5) is 5.20. The first kappa shape index (κ1) is 13.1. The minimum Gasteiger partial charge on any atom is -0.247 e. The highest BCUT2D eigenvalue weighted by molar-refractivity contribution is 5.78. The molecule has 0 radical (unpaired) electrons. The van der Waals surface area contributed by atoms with E-state index in [-0.39, 0.29) is 0 Å². The second-order valence-corrected chi connectivity index (χ2v) is 6.71. The summed E-state index contributed by atoms with van der Waals surface area (Å²) in [5, 5.41) is 0. The third-order valence-corrected chi connectivity index (χ3v) is 5.53. The summed E-state index contributed by atoms with van der Waals surface area (Å²) in [6.45, 7) is 2.31. The molecule has 0 bridgehead atoms. The van der Waals surface area contributed by atoms with E-state index in [9.17, 15) is 0 Å². The summed E-state index contributed by atoms with van der Waals surface area (Å²) in [6, 6.07) is 17.5. The first-order chi connectivity index (χ1) is 11.3. The molecule has 0 saturated carbocycles. The largest absolute Gasteiger partial charge is 0.247 e. The van der Waals surface area contributed by atoms with Crippen molar-refractivity contribution in [3.63, 3.8) is 0 Å². The van der Waals surface area contributed by atoms with Crippen LogP contribution in [-0.4, -0.2) is 4.98 Å². The van der Waals surface area contributed by atoms with Gasteiger partial charge in [-0.1, -0.05) is 48.5 Å². The summed E-state index contributed by atoms with van der Waals surface area (Å²) in [5.41, 5.74) is 12.4. The monoisotopic (exact) mass is 297 g/mol. The number of fused-ring (bicyclic) bond motifs is 6. The Morgan fingerprint density at radius 1 is 0.652 bits per heavy atom. The van der Waals surface area contributed by atoms with Crippen LogP contribution in [0.5, 0.6) is 0 Å². The molecular weight excluding hydrogens is 278 g/mol. The van der Waals surface area contributed by atoms with E-state index in [1.54, 1.807) is 0 Å². The Bertz CT molecular complexity index is 863. The molecule has 0 amide bonds. The molecule has 1 aromatic heterocycles. The van der Waals surface area contributed by atoms with E-state index < -0.39 is 0 Å². The van der Waals surface area contributed by atoms with E-state index in [0.29, 0.717) is 0 Å². The first-order valence-corrected chi connectivity index (χ1v) is 8.52. The smallest absolute Gasteiger partial charge is 0.0747 e. The molecule has 112 valence electrons. The van der Waals surface area contributed by atoms with Crippen LogP contribution in [0.2, 0.25) is 0 Å². The molecule has 0 spiro atoms. The van der Waals surface area contributed by atoms with Crippen LogP contribution in [0.25, 0.3) is 22.5 Å². The summed E-state index contributed by atoms with van der Waals surface area (Å²) in [7, 11) is 0. The van der Waals surface area contributed by atoms with Crippen molar-refractivity contribution in [3.05, 3.63) is 76.3 Å². The van der Waals surface area contributed by atoms with Gasteiger partial charge in [0.15, 0.2) is 0 Å². The van der Waals surface area contributed by atoms with Crippen molar-refractivity contribution in [3.8, 4) is 22.5 Å². The van der Waals surface area contributed by atoms with Gasteiger partial charge in [-0.2, -0.15) is 0 Å². The molecule has 0 atom stereocenters. The van der Waals surface area contributed by atoms with Crippen molar-refractivity contribution >= 4 is 0 Å². The van der Waals surface area contributed by atoms with E-state index in [1.807, 2.05) is 0 Å². The van der Waals surface area contributed by atoms with Gasteiger partial charge in [0.25, 0.3) is 0 Å². The molecule has 1 heteroatoms. The van der Waals surface area contributed by atoms with Crippen LogP contribution >= 0.6 is 0 Å². The van der Waals surface area contributed by atoms with Crippen LogP contribution < -0.4 is 0 Å². The first-order valence-electron chi connectivity index (χ1n) is 8.52. The number of aryl methyl sites for hydroxylation is 2. The van der Waals surface area contributed by atoms with Crippen molar-refractivity contribution in [1.82, 2.24) is 4.98 Å². The minimum atomic E-state index is 1.13. The fraction of sp³-hybridized carbons (Fsp3) is 0.227. The van der Waals surface area contributed by atoms with Gasteiger partial charge in [-0.25, -0.2) is 4.98 Å². The van der Waals surface area contributed by atoms with Gasteiger partial charge < -0.3 is 0 Å². The van der Waals surface area contributed by atoms with Crippen LogP contribution in [0.1, 0.15) is 27.8 Å². The van der Waals surface area contributed by atoms with Crippen LogP contribution in [0, 0.1) is 6.92 Å². The molecule has 2 aliphatic carbocycles. The lowest BCUT2D eigenvalue weighted by atomic mass is 9.80. The van der Waals surface area contributed by atoms with Gasteiger partial charge in [-0.3, -0.25) is 0 Å². The van der Waals surface area contributed by atoms with E-state index in [0.717, 1.165) is 25.7 Å². The van der Waals surface area contributed by atoms with Gasteiger partial charge in [0, 0.05) is 11.1 Å². The van der Waals surface area contributed by atoms with Gasteiger partial charge in [0.05, 0.1) is 11.4 Å². The summed E-state index contributed by atoms with van der Waals surface area (Å²) in [6.07, 6.45) is 4.53. The van der Waals surface area contributed by atoms with Gasteiger partial charge in [0.1, 0.15) is 0 Å². The number of hydrogen-bond donors (Lipinski definition) is 0. The maximum atomic E-state index is 5.20. The highest BCUT2D eigenvalue weighted by Gasteiger charge is 2.26. The molecule has 1 heterocycles. The SMILES string of the molecule is Cc1c2c(nc3c1CCc1ccccc1-3)-c1ccccc1CC2. The van der Waals surface area contributed by atoms with Crippen molar-refractivity contribution in [2.45, 2.75) is 32.6 Å². The average Bonchev–Trinajstić information content (AvgIpc) is 2.61. The number of nitrogens with zero attached hydrogens (tertiary/aromatic N) is 1. The van der Waals surface area contributed by atoms with Crippen molar-refractivity contribution in [2.24, 2.45) is 0 Å². The third kappa shape index (κ3) is 1.83. The number of rotatable bonds is 0. The molecule has 3 aromatic rings. The van der Waals surface area contributed by atoms with Crippen molar-refractivity contribution in [2.75, 3.05) is 0 Å². The quantitative estimate of drug-likeness (QED) is 0.574. The van der Waals surface area contributed by atoms with E-state index in [2.05, 4.69) is 55.5 Å². The zero-order valence-corrected chi connectivity index (χ0v) is 13.4. The Labute approximate surface area is 137 Å². The molecule has 0 unspecified atom stereocenters. The Morgan fingerprint density at radius 3 is 1.65 bits per heavy atom. The van der Waals surface area contributed by atoms with Crippen molar-refractivity contribution in [1.29, 1.82) is 0 Å². The highest BCUT2D eigenvalue weighted by Crippen LogP contribution is 2.41. The number of pyridine rings is 1. The number of aromatic nitrogens is 1. The number of hydrogen-bond acceptors (Lipinski definition) is 1. The Balaban J connectivity index is 1.83.